The van der Waals surface area contributed by atoms with Crippen LogP contribution in [0, 0.1) is 5.82 Å². The lowest BCUT2D eigenvalue weighted by molar-refractivity contribution is 0.251. The summed E-state index contributed by atoms with van der Waals surface area (Å²) in [5, 5.41) is 5.22. The zero-order valence-corrected chi connectivity index (χ0v) is 12.8. The number of anilines is 1. The molecule has 116 valence electrons. The quantitative estimate of drug-likeness (QED) is 0.890. The second-order valence-corrected chi connectivity index (χ2v) is 5.35. The van der Waals surface area contributed by atoms with Gasteiger partial charge in [0.05, 0.1) is 5.69 Å². The third kappa shape index (κ3) is 4.86. The van der Waals surface area contributed by atoms with E-state index in [0.717, 1.165) is 12.1 Å². The number of halogens is 1. The molecule has 0 saturated heterocycles. The van der Waals surface area contributed by atoms with Gasteiger partial charge in [-0.15, -0.1) is 0 Å². The van der Waals surface area contributed by atoms with Crippen molar-refractivity contribution in [2.24, 2.45) is 0 Å². The molecular formula is C17H20FN3O. The number of carbonyl (C=O) groups is 1. The third-order valence-electron chi connectivity index (χ3n) is 3.07. The van der Waals surface area contributed by atoms with E-state index in [1.54, 1.807) is 12.1 Å². The van der Waals surface area contributed by atoms with E-state index in [2.05, 4.69) is 15.5 Å². The summed E-state index contributed by atoms with van der Waals surface area (Å²) in [4.78, 5) is 13.9. The molecule has 22 heavy (non-hydrogen) atoms. The van der Waals surface area contributed by atoms with Gasteiger partial charge < -0.3 is 15.5 Å². The van der Waals surface area contributed by atoms with Crippen molar-refractivity contribution in [2.75, 3.05) is 19.4 Å². The number of amides is 2. The summed E-state index contributed by atoms with van der Waals surface area (Å²) in [7, 11) is 4.01. The molecule has 0 heterocycles. The van der Waals surface area contributed by atoms with Gasteiger partial charge in [0.2, 0.25) is 0 Å². The minimum absolute atomic E-state index is 0.168. The molecule has 2 rings (SSSR count). The average molecular weight is 301 g/mol. The van der Waals surface area contributed by atoms with Crippen molar-refractivity contribution in [2.45, 2.75) is 13.1 Å². The summed E-state index contributed by atoms with van der Waals surface area (Å²) in [5.74, 6) is -0.453. The Kier molecular flexibility index (Phi) is 5.49. The van der Waals surface area contributed by atoms with E-state index in [9.17, 15) is 9.18 Å². The summed E-state index contributed by atoms with van der Waals surface area (Å²) in [5.41, 5.74) is 2.35. The number of hydrogen-bond donors (Lipinski definition) is 2. The van der Waals surface area contributed by atoms with Crippen molar-refractivity contribution < 1.29 is 9.18 Å². The third-order valence-corrected chi connectivity index (χ3v) is 3.07. The SMILES string of the molecule is CN(C)Cc1cccc(CNC(=O)Nc2ccccc2F)c1. The molecule has 0 radical (unpaired) electrons. The van der Waals surface area contributed by atoms with Crippen LogP contribution in [0.5, 0.6) is 0 Å². The first-order valence-electron chi connectivity index (χ1n) is 7.06. The molecule has 0 aliphatic heterocycles. The molecule has 0 bridgehead atoms. The Labute approximate surface area is 129 Å². The number of carbonyl (C=O) groups excluding carboxylic acids is 1. The van der Waals surface area contributed by atoms with Crippen LogP contribution in [-0.4, -0.2) is 25.0 Å². The van der Waals surface area contributed by atoms with Gasteiger partial charge in [-0.25, -0.2) is 9.18 Å². The predicted molar refractivity (Wildman–Crippen MR) is 86.1 cm³/mol. The molecule has 2 aromatic rings. The van der Waals surface area contributed by atoms with E-state index in [4.69, 9.17) is 0 Å². The number of nitrogens with one attached hydrogen (secondary N) is 2. The van der Waals surface area contributed by atoms with Crippen molar-refractivity contribution >= 4 is 11.7 Å². The Bertz CT molecular complexity index is 643. The van der Waals surface area contributed by atoms with Gasteiger partial charge in [-0.1, -0.05) is 36.4 Å². The fourth-order valence-corrected chi connectivity index (χ4v) is 2.11. The molecule has 0 aliphatic carbocycles. The molecule has 2 amide bonds. The highest BCUT2D eigenvalue weighted by atomic mass is 19.1. The molecule has 0 unspecified atom stereocenters. The van der Waals surface area contributed by atoms with Crippen LogP contribution < -0.4 is 10.6 Å². The number of para-hydroxylation sites is 1. The fourth-order valence-electron chi connectivity index (χ4n) is 2.11. The maximum atomic E-state index is 13.4. The largest absolute Gasteiger partial charge is 0.334 e. The lowest BCUT2D eigenvalue weighted by Gasteiger charge is -2.12. The van der Waals surface area contributed by atoms with E-state index < -0.39 is 11.8 Å². The van der Waals surface area contributed by atoms with Crippen molar-refractivity contribution in [3.05, 3.63) is 65.5 Å². The number of nitrogens with zero attached hydrogens (tertiary/aromatic N) is 1. The van der Waals surface area contributed by atoms with E-state index in [0.29, 0.717) is 6.54 Å². The molecule has 0 aliphatic rings. The molecule has 5 heteroatoms. The Morgan fingerprint density at radius 3 is 2.55 bits per heavy atom. The summed E-state index contributed by atoms with van der Waals surface area (Å²) in [6.07, 6.45) is 0. The number of benzene rings is 2. The second-order valence-electron chi connectivity index (χ2n) is 5.35. The summed E-state index contributed by atoms with van der Waals surface area (Å²) < 4.78 is 13.4. The maximum absolute atomic E-state index is 13.4. The smallest absolute Gasteiger partial charge is 0.319 e. The molecule has 0 fully saturated rings. The molecule has 2 N–H and O–H groups in total. The monoisotopic (exact) mass is 301 g/mol. The number of hydrogen-bond acceptors (Lipinski definition) is 2. The molecule has 0 saturated carbocycles. The Balaban J connectivity index is 1.90. The molecule has 0 atom stereocenters. The lowest BCUT2D eigenvalue weighted by Crippen LogP contribution is -2.28. The first kappa shape index (κ1) is 16.0. The standard InChI is InChI=1S/C17H20FN3O/c1-21(2)12-14-7-5-6-13(10-14)11-19-17(22)20-16-9-4-3-8-15(16)18/h3-10H,11-12H2,1-2H3,(H2,19,20,22). The fraction of sp³-hybridized carbons (Fsp3) is 0.235. The Morgan fingerprint density at radius 2 is 1.82 bits per heavy atom. The Hall–Kier alpha value is -2.40. The lowest BCUT2D eigenvalue weighted by atomic mass is 10.1. The van der Waals surface area contributed by atoms with Crippen molar-refractivity contribution in [3.63, 3.8) is 0 Å². The van der Waals surface area contributed by atoms with Gasteiger partial charge >= 0.3 is 6.03 Å². The van der Waals surface area contributed by atoms with Crippen molar-refractivity contribution in [1.29, 1.82) is 0 Å². The zero-order valence-electron chi connectivity index (χ0n) is 12.8. The normalized spacial score (nSPS) is 10.5. The van der Waals surface area contributed by atoms with Crippen LogP contribution in [-0.2, 0) is 13.1 Å². The minimum atomic E-state index is -0.453. The van der Waals surface area contributed by atoms with Gasteiger partial charge in [0.15, 0.2) is 0 Å². The van der Waals surface area contributed by atoms with Crippen LogP contribution >= 0.6 is 0 Å². The van der Waals surface area contributed by atoms with Crippen LogP contribution in [0.4, 0.5) is 14.9 Å². The van der Waals surface area contributed by atoms with Gasteiger partial charge in [0.25, 0.3) is 0 Å². The van der Waals surface area contributed by atoms with Crippen LogP contribution in [0.2, 0.25) is 0 Å². The van der Waals surface area contributed by atoms with Gasteiger partial charge in [-0.2, -0.15) is 0 Å². The van der Waals surface area contributed by atoms with Gasteiger partial charge in [-0.05, 0) is 37.4 Å². The van der Waals surface area contributed by atoms with Crippen LogP contribution in [0.15, 0.2) is 48.5 Å². The zero-order chi connectivity index (χ0) is 15.9. The highest BCUT2D eigenvalue weighted by molar-refractivity contribution is 5.89. The topological polar surface area (TPSA) is 44.4 Å². The van der Waals surface area contributed by atoms with E-state index in [1.807, 2.05) is 38.4 Å². The maximum Gasteiger partial charge on any atom is 0.319 e. The second kappa shape index (κ2) is 7.56. The molecule has 2 aromatic carbocycles. The van der Waals surface area contributed by atoms with Gasteiger partial charge in [-0.3, -0.25) is 0 Å². The first-order valence-corrected chi connectivity index (χ1v) is 7.06. The van der Waals surface area contributed by atoms with Crippen LogP contribution in [0.3, 0.4) is 0 Å². The van der Waals surface area contributed by atoms with Crippen LogP contribution in [0.25, 0.3) is 0 Å². The highest BCUT2D eigenvalue weighted by Crippen LogP contribution is 2.12. The van der Waals surface area contributed by atoms with E-state index in [1.165, 1.54) is 17.7 Å². The van der Waals surface area contributed by atoms with Gasteiger partial charge in [0.1, 0.15) is 5.82 Å². The van der Waals surface area contributed by atoms with Crippen molar-refractivity contribution in [3.8, 4) is 0 Å². The molecule has 0 spiro atoms. The van der Waals surface area contributed by atoms with Crippen molar-refractivity contribution in [1.82, 2.24) is 10.2 Å². The summed E-state index contributed by atoms with van der Waals surface area (Å²) >= 11 is 0. The average Bonchev–Trinajstić information content (AvgIpc) is 2.47. The van der Waals surface area contributed by atoms with E-state index >= 15 is 0 Å². The summed E-state index contributed by atoms with van der Waals surface area (Å²) in [6, 6.07) is 13.6. The number of rotatable bonds is 5. The molecule has 0 aromatic heterocycles. The van der Waals surface area contributed by atoms with Crippen LogP contribution in [0.1, 0.15) is 11.1 Å². The highest BCUT2D eigenvalue weighted by Gasteiger charge is 2.06. The van der Waals surface area contributed by atoms with Gasteiger partial charge in [0, 0.05) is 13.1 Å². The minimum Gasteiger partial charge on any atom is -0.334 e. The molecule has 4 nitrogen and oxygen atoms in total. The molecular weight excluding hydrogens is 281 g/mol. The first-order chi connectivity index (χ1) is 10.5. The Morgan fingerprint density at radius 1 is 1.09 bits per heavy atom. The van der Waals surface area contributed by atoms with E-state index in [-0.39, 0.29) is 5.69 Å². The predicted octanol–water partition coefficient (Wildman–Crippen LogP) is 3.21. The summed E-state index contributed by atoms with van der Waals surface area (Å²) in [6.45, 7) is 1.23. The number of urea groups is 1.